The molecule has 0 aromatic heterocycles. The number of rotatable bonds is 3. The molecule has 0 heterocycles. The number of carbonyl (C=O) groups is 2. The van der Waals surface area contributed by atoms with E-state index >= 15 is 0 Å². The third-order valence-corrected chi connectivity index (χ3v) is 2.12. The van der Waals surface area contributed by atoms with Gasteiger partial charge in [-0.25, -0.2) is 0 Å². The lowest BCUT2D eigenvalue weighted by Crippen LogP contribution is -2.33. The van der Waals surface area contributed by atoms with Crippen LogP contribution in [0.5, 0.6) is 0 Å². The summed E-state index contributed by atoms with van der Waals surface area (Å²) in [6.45, 7) is 3.41. The molecule has 0 unspecified atom stereocenters. The molecule has 11 heavy (non-hydrogen) atoms. The summed E-state index contributed by atoms with van der Waals surface area (Å²) in [6.07, 6.45) is 1.75. The molecule has 0 radical (unpaired) electrons. The molecule has 4 heteroatoms. The molecule has 0 bridgehead atoms. The molecular weight excluding hydrogens is 146 g/mol. The number of carbonyl (C=O) groups excluding carboxylic acids is 1. The van der Waals surface area contributed by atoms with Gasteiger partial charge in [0.15, 0.2) is 5.41 Å². The third kappa shape index (κ3) is 0.824. The van der Waals surface area contributed by atoms with Crippen LogP contribution in [0.3, 0.4) is 0 Å². The van der Waals surface area contributed by atoms with Crippen LogP contribution in [0.2, 0.25) is 0 Å². The Hall–Kier alpha value is -1.32. The van der Waals surface area contributed by atoms with Crippen molar-refractivity contribution in [3.05, 3.63) is 12.7 Å². The maximum atomic E-state index is 10.7. The first kappa shape index (κ1) is 7.78. The number of aliphatic carboxylic acids is 1. The van der Waals surface area contributed by atoms with Gasteiger partial charge in [0.2, 0.25) is 5.91 Å². The van der Waals surface area contributed by atoms with Gasteiger partial charge in [0.25, 0.3) is 0 Å². The molecule has 2 atom stereocenters. The van der Waals surface area contributed by atoms with Gasteiger partial charge in [-0.2, -0.15) is 0 Å². The Morgan fingerprint density at radius 3 is 2.36 bits per heavy atom. The van der Waals surface area contributed by atoms with Crippen LogP contribution in [0, 0.1) is 11.3 Å². The van der Waals surface area contributed by atoms with Crippen LogP contribution in [-0.2, 0) is 9.59 Å². The molecule has 3 N–H and O–H groups in total. The SMILES string of the molecule is C=C[C@@H]1C[C@@]1(C(N)=O)C(=O)O. The van der Waals surface area contributed by atoms with Gasteiger partial charge in [-0.05, 0) is 6.42 Å². The van der Waals surface area contributed by atoms with E-state index in [2.05, 4.69) is 6.58 Å². The van der Waals surface area contributed by atoms with E-state index in [1.807, 2.05) is 0 Å². The predicted octanol–water partition coefficient (Wildman–Crippen LogP) is -0.251. The van der Waals surface area contributed by atoms with Crippen LogP contribution in [0.4, 0.5) is 0 Å². The summed E-state index contributed by atoms with van der Waals surface area (Å²) in [5, 5.41) is 8.63. The number of nitrogens with two attached hydrogens (primary N) is 1. The molecule has 0 aromatic rings. The zero-order valence-corrected chi connectivity index (χ0v) is 5.91. The zero-order valence-electron chi connectivity index (χ0n) is 5.91. The van der Waals surface area contributed by atoms with Crippen molar-refractivity contribution in [2.45, 2.75) is 6.42 Å². The maximum absolute atomic E-state index is 10.7. The van der Waals surface area contributed by atoms with Gasteiger partial charge >= 0.3 is 5.97 Å². The second-order valence-corrected chi connectivity index (χ2v) is 2.69. The lowest BCUT2D eigenvalue weighted by molar-refractivity contribution is -0.148. The minimum atomic E-state index is -1.35. The van der Waals surface area contributed by atoms with Crippen LogP contribution in [0.15, 0.2) is 12.7 Å². The standard InChI is InChI=1S/C7H9NO3/c1-2-4-3-7(4,5(8)9)6(10)11/h2,4H,1,3H2,(H2,8,9)(H,10,11)/t4-,7-/m1/s1. The molecule has 0 spiro atoms. The highest BCUT2D eigenvalue weighted by molar-refractivity contribution is 6.05. The summed E-state index contributed by atoms with van der Waals surface area (Å²) in [7, 11) is 0. The van der Waals surface area contributed by atoms with Crippen LogP contribution in [0.1, 0.15) is 6.42 Å². The molecule has 0 aromatic carbocycles. The Balaban J connectivity index is 2.87. The van der Waals surface area contributed by atoms with Gasteiger partial charge in [-0.3, -0.25) is 9.59 Å². The Morgan fingerprint density at radius 1 is 1.73 bits per heavy atom. The molecule has 60 valence electrons. The lowest BCUT2D eigenvalue weighted by atomic mass is 10.0. The molecular formula is C7H9NO3. The summed E-state index contributed by atoms with van der Waals surface area (Å²) in [5.41, 5.74) is 3.59. The van der Waals surface area contributed by atoms with Crippen LogP contribution in [0.25, 0.3) is 0 Å². The van der Waals surface area contributed by atoms with Gasteiger partial charge in [0.05, 0.1) is 0 Å². The summed E-state index contributed by atoms with van der Waals surface area (Å²) in [6, 6.07) is 0. The van der Waals surface area contributed by atoms with Crippen molar-refractivity contribution in [2.75, 3.05) is 0 Å². The highest BCUT2D eigenvalue weighted by Crippen LogP contribution is 2.53. The summed E-state index contributed by atoms with van der Waals surface area (Å²) in [4.78, 5) is 21.2. The topological polar surface area (TPSA) is 80.4 Å². The van der Waals surface area contributed by atoms with E-state index < -0.39 is 17.3 Å². The highest BCUT2D eigenvalue weighted by atomic mass is 16.4. The number of carboxylic acid groups (broad SMARTS) is 1. The Morgan fingerprint density at radius 2 is 2.27 bits per heavy atom. The molecule has 1 rings (SSSR count). The normalized spacial score (nSPS) is 34.4. The number of primary amides is 1. The van der Waals surface area contributed by atoms with Crippen molar-refractivity contribution in [1.29, 1.82) is 0 Å². The van der Waals surface area contributed by atoms with Gasteiger partial charge in [-0.1, -0.05) is 6.08 Å². The Labute approximate surface area is 63.7 Å². The Kier molecular flexibility index (Phi) is 1.47. The number of allylic oxidation sites excluding steroid dienone is 1. The fraction of sp³-hybridized carbons (Fsp3) is 0.429. The molecule has 1 amide bonds. The largest absolute Gasteiger partial charge is 0.480 e. The quantitative estimate of drug-likeness (QED) is 0.435. The van der Waals surface area contributed by atoms with Gasteiger partial charge in [0.1, 0.15) is 0 Å². The smallest absolute Gasteiger partial charge is 0.319 e. The molecule has 0 saturated heterocycles. The first-order valence-electron chi connectivity index (χ1n) is 3.21. The molecule has 1 aliphatic rings. The number of hydrogen-bond donors (Lipinski definition) is 2. The van der Waals surface area contributed by atoms with E-state index in [-0.39, 0.29) is 5.92 Å². The van der Waals surface area contributed by atoms with Crippen LogP contribution in [-0.4, -0.2) is 17.0 Å². The minimum Gasteiger partial charge on any atom is -0.480 e. The van der Waals surface area contributed by atoms with Gasteiger partial charge in [-0.15, -0.1) is 6.58 Å². The highest BCUT2D eigenvalue weighted by Gasteiger charge is 2.63. The number of carboxylic acids is 1. The molecule has 1 fully saturated rings. The third-order valence-electron chi connectivity index (χ3n) is 2.12. The van der Waals surface area contributed by atoms with E-state index in [1.165, 1.54) is 6.08 Å². The average Bonchev–Trinajstić information content (AvgIpc) is 2.61. The van der Waals surface area contributed by atoms with Crippen molar-refractivity contribution in [3.8, 4) is 0 Å². The molecule has 4 nitrogen and oxygen atoms in total. The number of amides is 1. The van der Waals surface area contributed by atoms with Crippen molar-refractivity contribution >= 4 is 11.9 Å². The molecule has 0 aliphatic heterocycles. The minimum absolute atomic E-state index is 0.280. The fourth-order valence-electron chi connectivity index (χ4n) is 1.21. The molecule has 1 aliphatic carbocycles. The van der Waals surface area contributed by atoms with E-state index in [1.54, 1.807) is 0 Å². The fourth-order valence-corrected chi connectivity index (χ4v) is 1.21. The summed E-state index contributed by atoms with van der Waals surface area (Å²) in [5.74, 6) is -2.19. The number of hydrogen-bond acceptors (Lipinski definition) is 2. The van der Waals surface area contributed by atoms with Crippen molar-refractivity contribution in [1.82, 2.24) is 0 Å². The van der Waals surface area contributed by atoms with E-state index in [0.717, 1.165) is 0 Å². The van der Waals surface area contributed by atoms with E-state index in [9.17, 15) is 9.59 Å². The second-order valence-electron chi connectivity index (χ2n) is 2.69. The van der Waals surface area contributed by atoms with Crippen molar-refractivity contribution in [3.63, 3.8) is 0 Å². The Bertz CT molecular complexity index is 220. The zero-order chi connectivity index (χ0) is 8.65. The van der Waals surface area contributed by atoms with E-state index in [4.69, 9.17) is 10.8 Å². The van der Waals surface area contributed by atoms with Crippen LogP contribution >= 0.6 is 0 Å². The van der Waals surface area contributed by atoms with Crippen LogP contribution < -0.4 is 5.73 Å². The first-order chi connectivity index (χ1) is 5.05. The lowest BCUT2D eigenvalue weighted by Gasteiger charge is -2.03. The van der Waals surface area contributed by atoms with Crippen molar-refractivity contribution in [2.24, 2.45) is 17.1 Å². The van der Waals surface area contributed by atoms with Gasteiger partial charge in [0, 0.05) is 5.92 Å². The monoisotopic (exact) mass is 155 g/mol. The van der Waals surface area contributed by atoms with E-state index in [0.29, 0.717) is 6.42 Å². The summed E-state index contributed by atoms with van der Waals surface area (Å²) >= 11 is 0. The predicted molar refractivity (Wildman–Crippen MR) is 37.6 cm³/mol. The maximum Gasteiger partial charge on any atom is 0.319 e. The van der Waals surface area contributed by atoms with Gasteiger partial charge < -0.3 is 10.8 Å². The average molecular weight is 155 g/mol. The second kappa shape index (κ2) is 2.08. The first-order valence-corrected chi connectivity index (χ1v) is 3.21. The summed E-state index contributed by atoms with van der Waals surface area (Å²) < 4.78 is 0. The molecule has 1 saturated carbocycles. The van der Waals surface area contributed by atoms with Crippen molar-refractivity contribution < 1.29 is 14.7 Å².